The number of hydrogen-bond donors (Lipinski definition) is 2. The third kappa shape index (κ3) is 3.96. The molecule has 0 atom stereocenters. The van der Waals surface area contributed by atoms with E-state index in [1.807, 2.05) is 35.9 Å². The average Bonchev–Trinajstić information content (AvgIpc) is 2.90. The van der Waals surface area contributed by atoms with Gasteiger partial charge in [0.2, 0.25) is 5.91 Å². The fourth-order valence-corrected chi connectivity index (χ4v) is 3.41. The van der Waals surface area contributed by atoms with Crippen LogP contribution in [-0.4, -0.2) is 16.6 Å². The first kappa shape index (κ1) is 18.6. The first-order chi connectivity index (χ1) is 12.3. The smallest absolute Gasteiger partial charge is 0.324 e. The molecule has 0 aliphatic rings. The van der Waals surface area contributed by atoms with Crippen LogP contribution in [0.4, 0.5) is 18.9 Å². The maximum absolute atomic E-state index is 12.8. The van der Waals surface area contributed by atoms with Gasteiger partial charge in [0.15, 0.2) is 11.0 Å². The highest BCUT2D eigenvalue weighted by atomic mass is 35.5. The van der Waals surface area contributed by atoms with Crippen LogP contribution in [0.5, 0.6) is 0 Å². The zero-order valence-corrected chi connectivity index (χ0v) is 15.1. The van der Waals surface area contributed by atoms with Gasteiger partial charge in [0.05, 0.1) is 29.1 Å². The summed E-state index contributed by atoms with van der Waals surface area (Å²) in [5.41, 5.74) is 0.982. The van der Waals surface area contributed by atoms with Crippen molar-refractivity contribution in [2.24, 2.45) is 7.05 Å². The second kappa shape index (κ2) is 7.20. The van der Waals surface area contributed by atoms with Crippen LogP contribution in [0.2, 0.25) is 5.02 Å². The van der Waals surface area contributed by atoms with Gasteiger partial charge in [-0.25, -0.2) is 9.55 Å². The SMILES string of the molecule is C[n+]1c(SCC(=O)Nc2cc(C(F)(F)F)ccc2Cl)[nH]c2ccccc21. The lowest BCUT2D eigenvalue weighted by atomic mass is 10.2. The minimum Gasteiger partial charge on any atom is -0.324 e. The van der Waals surface area contributed by atoms with Crippen LogP contribution in [0, 0.1) is 0 Å². The van der Waals surface area contributed by atoms with Gasteiger partial charge in [0.25, 0.3) is 0 Å². The summed E-state index contributed by atoms with van der Waals surface area (Å²) in [5.74, 6) is -0.428. The highest BCUT2D eigenvalue weighted by molar-refractivity contribution is 7.99. The van der Waals surface area contributed by atoms with E-state index >= 15 is 0 Å². The molecule has 2 aromatic carbocycles. The van der Waals surface area contributed by atoms with Crippen LogP contribution in [0.3, 0.4) is 0 Å². The second-order valence-corrected chi connectivity index (χ2v) is 6.91. The molecule has 4 nitrogen and oxygen atoms in total. The second-order valence-electron chi connectivity index (χ2n) is 5.54. The van der Waals surface area contributed by atoms with Gasteiger partial charge < -0.3 is 5.32 Å². The largest absolute Gasteiger partial charge is 0.416 e. The third-order valence-electron chi connectivity index (χ3n) is 3.72. The predicted molar refractivity (Wildman–Crippen MR) is 95.3 cm³/mol. The van der Waals surface area contributed by atoms with Crippen LogP contribution in [-0.2, 0) is 18.0 Å². The van der Waals surface area contributed by atoms with Crippen LogP contribution < -0.4 is 9.88 Å². The summed E-state index contributed by atoms with van der Waals surface area (Å²) < 4.78 is 40.3. The van der Waals surface area contributed by atoms with E-state index < -0.39 is 17.6 Å². The van der Waals surface area contributed by atoms with Gasteiger partial charge in [0.1, 0.15) is 0 Å². The van der Waals surface area contributed by atoms with E-state index in [0.717, 1.165) is 34.4 Å². The molecule has 0 bridgehead atoms. The molecule has 1 amide bonds. The number of imidazole rings is 1. The topological polar surface area (TPSA) is 48.8 Å². The third-order valence-corrected chi connectivity index (χ3v) is 5.10. The fraction of sp³-hybridized carbons (Fsp3) is 0.176. The number of aryl methyl sites for hydroxylation is 1. The molecule has 1 heterocycles. The molecule has 0 aliphatic carbocycles. The molecule has 0 aliphatic heterocycles. The standard InChI is InChI=1S/C17H13ClF3N3OS/c1-24-14-5-3-2-4-12(14)23-16(24)26-9-15(25)22-13-8-10(17(19,20)21)6-7-11(13)18/h2-8H,9H2,1H3,(H,22,25)/p+1. The minimum absolute atomic E-state index is 0.0211. The number of nitrogens with zero attached hydrogens (tertiary/aromatic N) is 1. The van der Waals surface area contributed by atoms with E-state index in [2.05, 4.69) is 10.3 Å². The number of anilines is 1. The zero-order valence-electron chi connectivity index (χ0n) is 13.5. The van der Waals surface area contributed by atoms with Crippen LogP contribution >= 0.6 is 23.4 Å². The molecule has 136 valence electrons. The van der Waals surface area contributed by atoms with Crippen LogP contribution in [0.1, 0.15) is 5.56 Å². The summed E-state index contributed by atoms with van der Waals surface area (Å²) >= 11 is 7.13. The number of thioether (sulfide) groups is 1. The number of nitrogens with one attached hydrogen (secondary N) is 2. The van der Waals surface area contributed by atoms with E-state index in [4.69, 9.17) is 11.6 Å². The number of aromatic nitrogens is 2. The Bertz CT molecular complexity index is 972. The number of carbonyl (C=O) groups excluding carboxylic acids is 1. The van der Waals surface area contributed by atoms with Crippen LogP contribution in [0.25, 0.3) is 11.0 Å². The first-order valence-electron chi connectivity index (χ1n) is 7.52. The molecular formula is C17H14ClF3N3OS+. The Balaban J connectivity index is 1.70. The Morgan fingerprint density at radius 1 is 1.27 bits per heavy atom. The zero-order chi connectivity index (χ0) is 18.9. The Morgan fingerprint density at radius 3 is 2.69 bits per heavy atom. The Morgan fingerprint density at radius 2 is 2.00 bits per heavy atom. The number of alkyl halides is 3. The van der Waals surface area contributed by atoms with E-state index in [1.165, 1.54) is 11.8 Å². The van der Waals surface area contributed by atoms with Crippen molar-refractivity contribution >= 4 is 46.0 Å². The highest BCUT2D eigenvalue weighted by Crippen LogP contribution is 2.33. The maximum Gasteiger partial charge on any atom is 0.416 e. The Kier molecular flexibility index (Phi) is 5.15. The molecular weight excluding hydrogens is 387 g/mol. The quantitative estimate of drug-likeness (QED) is 0.504. The molecule has 0 fully saturated rings. The number of rotatable bonds is 4. The molecule has 3 rings (SSSR count). The number of para-hydroxylation sites is 2. The molecule has 26 heavy (non-hydrogen) atoms. The van der Waals surface area contributed by atoms with E-state index in [9.17, 15) is 18.0 Å². The number of halogens is 4. The maximum atomic E-state index is 12.8. The first-order valence-corrected chi connectivity index (χ1v) is 8.88. The lowest BCUT2D eigenvalue weighted by Crippen LogP contribution is -2.29. The van der Waals surface area contributed by atoms with Gasteiger partial charge in [-0.3, -0.25) is 4.79 Å². The monoisotopic (exact) mass is 400 g/mol. The van der Waals surface area contributed by atoms with Gasteiger partial charge in [-0.05, 0) is 42.1 Å². The lowest BCUT2D eigenvalue weighted by Gasteiger charge is -2.11. The van der Waals surface area contributed by atoms with Crippen LogP contribution in [0.15, 0.2) is 47.6 Å². The normalized spacial score (nSPS) is 11.7. The molecule has 1 aromatic heterocycles. The number of aromatic amines is 1. The fourth-order valence-electron chi connectivity index (χ4n) is 2.43. The van der Waals surface area contributed by atoms with Crippen molar-refractivity contribution in [2.45, 2.75) is 11.3 Å². The number of amides is 1. The summed E-state index contributed by atoms with van der Waals surface area (Å²) in [5, 5.41) is 3.24. The van der Waals surface area contributed by atoms with Gasteiger partial charge in [0, 0.05) is 0 Å². The van der Waals surface area contributed by atoms with E-state index in [0.29, 0.717) is 0 Å². The van der Waals surface area contributed by atoms with Crippen molar-refractivity contribution in [2.75, 3.05) is 11.1 Å². The lowest BCUT2D eigenvalue weighted by molar-refractivity contribution is -0.683. The molecule has 0 unspecified atom stereocenters. The number of fused-ring (bicyclic) bond motifs is 1. The number of H-pyrrole nitrogens is 1. The summed E-state index contributed by atoms with van der Waals surface area (Å²) in [4.78, 5) is 15.3. The van der Waals surface area contributed by atoms with Gasteiger partial charge in [-0.2, -0.15) is 13.2 Å². The van der Waals surface area contributed by atoms with E-state index in [-0.39, 0.29) is 16.5 Å². The minimum atomic E-state index is -4.50. The van der Waals surface area contributed by atoms with E-state index in [1.54, 1.807) is 0 Å². The highest BCUT2D eigenvalue weighted by Gasteiger charge is 2.31. The number of benzene rings is 2. The molecule has 9 heteroatoms. The van der Waals surface area contributed by atoms with Crippen molar-refractivity contribution in [1.82, 2.24) is 4.98 Å². The Labute approximate surface area is 156 Å². The number of hydrogen-bond acceptors (Lipinski definition) is 2. The molecule has 0 spiro atoms. The molecule has 0 saturated carbocycles. The average molecular weight is 401 g/mol. The van der Waals surface area contributed by atoms with Crippen molar-refractivity contribution in [3.05, 3.63) is 53.1 Å². The number of carbonyl (C=O) groups is 1. The predicted octanol–water partition coefficient (Wildman–Crippen LogP) is 4.40. The summed E-state index contributed by atoms with van der Waals surface area (Å²) in [7, 11) is 1.86. The van der Waals surface area contributed by atoms with Crippen molar-refractivity contribution in [1.29, 1.82) is 0 Å². The Hall–Kier alpha value is -2.19. The van der Waals surface area contributed by atoms with Gasteiger partial charge in [-0.15, -0.1) is 0 Å². The van der Waals surface area contributed by atoms with Gasteiger partial charge >= 0.3 is 11.3 Å². The van der Waals surface area contributed by atoms with Crippen molar-refractivity contribution < 1.29 is 22.5 Å². The summed E-state index contributed by atoms with van der Waals surface area (Å²) in [6, 6.07) is 10.5. The molecule has 0 saturated heterocycles. The summed E-state index contributed by atoms with van der Waals surface area (Å²) in [6.45, 7) is 0. The van der Waals surface area contributed by atoms with Crippen molar-refractivity contribution in [3.63, 3.8) is 0 Å². The molecule has 0 radical (unpaired) electrons. The molecule has 3 aromatic rings. The molecule has 2 N–H and O–H groups in total. The summed E-state index contributed by atoms with van der Waals surface area (Å²) in [6.07, 6.45) is -4.50. The van der Waals surface area contributed by atoms with Crippen molar-refractivity contribution in [3.8, 4) is 0 Å². The van der Waals surface area contributed by atoms with Gasteiger partial charge in [-0.1, -0.05) is 23.7 Å².